The molecule has 0 bridgehead atoms. The van der Waals surface area contributed by atoms with Crippen LogP contribution in [0.1, 0.15) is 39.2 Å². The van der Waals surface area contributed by atoms with Gasteiger partial charge in [-0.2, -0.15) is 5.26 Å². The van der Waals surface area contributed by atoms with Crippen molar-refractivity contribution in [2.24, 2.45) is 5.41 Å². The molecule has 2 rings (SSSR count). The monoisotopic (exact) mass is 320 g/mol. The Morgan fingerprint density at radius 2 is 1.82 bits per heavy atom. The Labute approximate surface area is 136 Å². The second-order valence-electron chi connectivity index (χ2n) is 6.76. The molecule has 0 atom stereocenters. The number of hydrogen-bond acceptors (Lipinski definition) is 4. The van der Waals surface area contributed by atoms with E-state index in [9.17, 15) is 10.1 Å². The standard InChI is InChI=1S/C17H21ClN2O2/c1-16(2,3)15(21)22-20-10-8-17(12-19,9-11-20)13-4-6-14(18)7-5-13/h4-7H,8-11H2,1-3H3. The Kier molecular flexibility index (Phi) is 4.79. The van der Waals surface area contributed by atoms with E-state index in [1.165, 1.54) is 0 Å². The van der Waals surface area contributed by atoms with E-state index in [1.807, 2.05) is 45.0 Å². The molecule has 1 aliphatic rings. The summed E-state index contributed by atoms with van der Waals surface area (Å²) >= 11 is 5.91. The number of benzene rings is 1. The van der Waals surface area contributed by atoms with Crippen molar-refractivity contribution in [1.29, 1.82) is 5.26 Å². The summed E-state index contributed by atoms with van der Waals surface area (Å²) in [5.41, 5.74) is -0.0870. The molecule has 1 aromatic rings. The van der Waals surface area contributed by atoms with Crippen molar-refractivity contribution < 1.29 is 9.63 Å². The van der Waals surface area contributed by atoms with Crippen molar-refractivity contribution in [1.82, 2.24) is 5.06 Å². The van der Waals surface area contributed by atoms with Crippen molar-refractivity contribution in [3.05, 3.63) is 34.9 Å². The van der Waals surface area contributed by atoms with Crippen LogP contribution >= 0.6 is 11.6 Å². The van der Waals surface area contributed by atoms with Gasteiger partial charge in [0.2, 0.25) is 0 Å². The summed E-state index contributed by atoms with van der Waals surface area (Å²) in [5, 5.41) is 12.0. The Bertz CT molecular complexity index is 576. The predicted molar refractivity (Wildman–Crippen MR) is 85.1 cm³/mol. The van der Waals surface area contributed by atoms with E-state index in [0.717, 1.165) is 5.56 Å². The maximum Gasteiger partial charge on any atom is 0.330 e. The highest BCUT2D eigenvalue weighted by Gasteiger charge is 2.38. The van der Waals surface area contributed by atoms with Crippen molar-refractivity contribution in [2.75, 3.05) is 13.1 Å². The number of hydroxylamine groups is 2. The molecule has 0 spiro atoms. The average Bonchev–Trinajstić information content (AvgIpc) is 2.48. The van der Waals surface area contributed by atoms with Crippen LogP contribution in [0.25, 0.3) is 0 Å². The third kappa shape index (κ3) is 3.60. The molecule has 22 heavy (non-hydrogen) atoms. The minimum absolute atomic E-state index is 0.247. The molecule has 1 aromatic carbocycles. The first-order valence-corrected chi connectivity index (χ1v) is 7.79. The lowest BCUT2D eigenvalue weighted by Crippen LogP contribution is -2.44. The fourth-order valence-electron chi connectivity index (χ4n) is 2.45. The van der Waals surface area contributed by atoms with Crippen LogP contribution in [0, 0.1) is 16.7 Å². The molecule has 0 radical (unpaired) electrons. The summed E-state index contributed by atoms with van der Waals surface area (Å²) in [5.74, 6) is -0.247. The first-order chi connectivity index (χ1) is 10.3. The van der Waals surface area contributed by atoms with Crippen LogP contribution in [0.3, 0.4) is 0 Å². The molecule has 4 nitrogen and oxygen atoms in total. The van der Waals surface area contributed by atoms with E-state index >= 15 is 0 Å². The van der Waals surface area contributed by atoms with Gasteiger partial charge in [-0.1, -0.05) is 23.7 Å². The molecular weight excluding hydrogens is 300 g/mol. The number of nitrogens with zero attached hydrogens (tertiary/aromatic N) is 2. The zero-order valence-corrected chi connectivity index (χ0v) is 14.0. The summed E-state index contributed by atoms with van der Waals surface area (Å²) in [6, 6.07) is 9.87. The number of hydrogen-bond donors (Lipinski definition) is 0. The zero-order valence-electron chi connectivity index (χ0n) is 13.2. The van der Waals surface area contributed by atoms with Gasteiger partial charge >= 0.3 is 5.97 Å². The largest absolute Gasteiger partial charge is 0.367 e. The summed E-state index contributed by atoms with van der Waals surface area (Å²) < 4.78 is 0. The lowest BCUT2D eigenvalue weighted by molar-refractivity contribution is -0.206. The Hall–Kier alpha value is -1.57. The van der Waals surface area contributed by atoms with Crippen LogP contribution in [0.4, 0.5) is 0 Å². The lowest BCUT2D eigenvalue weighted by Gasteiger charge is -2.37. The fourth-order valence-corrected chi connectivity index (χ4v) is 2.57. The molecule has 0 amide bonds. The highest BCUT2D eigenvalue weighted by atomic mass is 35.5. The molecule has 0 aliphatic carbocycles. The minimum atomic E-state index is -0.533. The Morgan fingerprint density at radius 1 is 1.27 bits per heavy atom. The van der Waals surface area contributed by atoms with Gasteiger partial charge in [-0.3, -0.25) is 0 Å². The molecule has 118 valence electrons. The number of carbonyl (C=O) groups is 1. The summed E-state index contributed by atoms with van der Waals surface area (Å²) in [6.07, 6.45) is 1.26. The Morgan fingerprint density at radius 3 is 2.27 bits per heavy atom. The Balaban J connectivity index is 2.05. The van der Waals surface area contributed by atoms with Crippen LogP contribution in [0.2, 0.25) is 5.02 Å². The van der Waals surface area contributed by atoms with E-state index in [2.05, 4.69) is 6.07 Å². The van der Waals surface area contributed by atoms with Gasteiger partial charge in [-0.25, -0.2) is 4.79 Å². The first-order valence-electron chi connectivity index (χ1n) is 7.41. The van der Waals surface area contributed by atoms with Gasteiger partial charge in [-0.15, -0.1) is 5.06 Å². The van der Waals surface area contributed by atoms with E-state index in [0.29, 0.717) is 31.0 Å². The zero-order chi connectivity index (χ0) is 16.4. The van der Waals surface area contributed by atoms with Crippen LogP contribution < -0.4 is 0 Å². The SMILES string of the molecule is CC(C)(C)C(=O)ON1CCC(C#N)(c2ccc(Cl)cc2)CC1. The smallest absolute Gasteiger partial charge is 0.330 e. The van der Waals surface area contributed by atoms with Crippen LogP contribution in [0.5, 0.6) is 0 Å². The van der Waals surface area contributed by atoms with Crippen molar-refractivity contribution in [2.45, 2.75) is 39.0 Å². The maximum absolute atomic E-state index is 11.9. The molecule has 1 aliphatic heterocycles. The second-order valence-corrected chi connectivity index (χ2v) is 7.20. The number of carbonyl (C=O) groups excluding carboxylic acids is 1. The normalized spacial score (nSPS) is 18.5. The molecule has 1 heterocycles. The second kappa shape index (κ2) is 6.28. The molecule has 0 aromatic heterocycles. The van der Waals surface area contributed by atoms with Crippen LogP contribution in [0.15, 0.2) is 24.3 Å². The molecule has 0 unspecified atom stereocenters. The number of halogens is 1. The van der Waals surface area contributed by atoms with Gasteiger partial charge in [0.15, 0.2) is 0 Å². The highest BCUT2D eigenvalue weighted by Crippen LogP contribution is 2.35. The third-order valence-corrected chi connectivity index (χ3v) is 4.26. The third-order valence-electron chi connectivity index (χ3n) is 4.01. The fraction of sp³-hybridized carbons (Fsp3) is 0.529. The molecule has 1 fully saturated rings. The number of piperidine rings is 1. The van der Waals surface area contributed by atoms with E-state index in [4.69, 9.17) is 16.4 Å². The van der Waals surface area contributed by atoms with E-state index in [-0.39, 0.29) is 5.97 Å². The van der Waals surface area contributed by atoms with Gasteiger partial charge in [0.25, 0.3) is 0 Å². The van der Waals surface area contributed by atoms with Gasteiger partial charge in [-0.05, 0) is 51.3 Å². The average molecular weight is 321 g/mol. The predicted octanol–water partition coefficient (Wildman–Crippen LogP) is 3.70. The first kappa shape index (κ1) is 16.8. The van der Waals surface area contributed by atoms with Gasteiger partial charge in [0.1, 0.15) is 0 Å². The molecule has 5 heteroatoms. The van der Waals surface area contributed by atoms with Gasteiger partial charge < -0.3 is 4.84 Å². The summed E-state index contributed by atoms with van der Waals surface area (Å²) in [4.78, 5) is 17.3. The van der Waals surface area contributed by atoms with Crippen molar-refractivity contribution >= 4 is 17.6 Å². The van der Waals surface area contributed by atoms with Crippen LogP contribution in [-0.2, 0) is 15.0 Å². The number of nitriles is 1. The van der Waals surface area contributed by atoms with Gasteiger partial charge in [0.05, 0.1) is 16.9 Å². The number of rotatable bonds is 2. The quantitative estimate of drug-likeness (QED) is 0.833. The maximum atomic E-state index is 11.9. The molecule has 0 saturated carbocycles. The highest BCUT2D eigenvalue weighted by molar-refractivity contribution is 6.30. The van der Waals surface area contributed by atoms with Crippen LogP contribution in [-0.4, -0.2) is 24.1 Å². The van der Waals surface area contributed by atoms with E-state index in [1.54, 1.807) is 5.06 Å². The van der Waals surface area contributed by atoms with Crippen molar-refractivity contribution in [3.8, 4) is 6.07 Å². The summed E-state index contributed by atoms with van der Waals surface area (Å²) in [7, 11) is 0. The lowest BCUT2D eigenvalue weighted by atomic mass is 9.74. The van der Waals surface area contributed by atoms with Gasteiger partial charge in [0, 0.05) is 18.1 Å². The minimum Gasteiger partial charge on any atom is -0.367 e. The summed E-state index contributed by atoms with van der Waals surface area (Å²) in [6.45, 7) is 6.59. The molecule has 1 saturated heterocycles. The topological polar surface area (TPSA) is 53.3 Å². The van der Waals surface area contributed by atoms with Crippen molar-refractivity contribution in [3.63, 3.8) is 0 Å². The molecule has 0 N–H and O–H groups in total. The molecular formula is C17H21ClN2O2. The van der Waals surface area contributed by atoms with E-state index < -0.39 is 10.8 Å².